The van der Waals surface area contributed by atoms with Crippen LogP contribution in [0.2, 0.25) is 0 Å². The van der Waals surface area contributed by atoms with Crippen LogP contribution in [0.5, 0.6) is 0 Å². The van der Waals surface area contributed by atoms with Crippen molar-refractivity contribution < 1.29 is 9.59 Å². The molecule has 1 unspecified atom stereocenters. The van der Waals surface area contributed by atoms with Crippen LogP contribution in [0, 0.1) is 6.92 Å². The molecule has 1 aliphatic rings. The Kier molecular flexibility index (Phi) is 6.12. The average molecular weight is 365 g/mol. The van der Waals surface area contributed by atoms with E-state index in [-0.39, 0.29) is 18.0 Å². The maximum absolute atomic E-state index is 12.4. The van der Waals surface area contributed by atoms with Gasteiger partial charge in [-0.15, -0.1) is 0 Å². The first-order chi connectivity index (χ1) is 13.0. The highest BCUT2D eigenvalue weighted by Crippen LogP contribution is 2.20. The van der Waals surface area contributed by atoms with Crippen LogP contribution < -0.4 is 16.0 Å². The summed E-state index contributed by atoms with van der Waals surface area (Å²) in [7, 11) is 0. The summed E-state index contributed by atoms with van der Waals surface area (Å²) in [5.74, 6) is -0.0429. The largest absolute Gasteiger partial charge is 0.349 e. The van der Waals surface area contributed by atoms with Crippen molar-refractivity contribution in [2.75, 3.05) is 5.32 Å². The minimum Gasteiger partial charge on any atom is -0.349 e. The molecule has 1 saturated carbocycles. The van der Waals surface area contributed by atoms with Crippen molar-refractivity contribution in [3.05, 3.63) is 65.2 Å². The Bertz CT molecular complexity index is 798. The van der Waals surface area contributed by atoms with Gasteiger partial charge in [0.25, 0.3) is 5.91 Å². The third kappa shape index (κ3) is 5.09. The highest BCUT2D eigenvalue weighted by atomic mass is 16.2. The Balaban J connectivity index is 1.58. The molecule has 1 atom stereocenters. The highest BCUT2D eigenvalue weighted by Gasteiger charge is 2.18. The molecule has 2 aromatic rings. The lowest BCUT2D eigenvalue weighted by Crippen LogP contribution is -2.33. The van der Waals surface area contributed by atoms with Crippen LogP contribution in [-0.2, 0) is 0 Å². The van der Waals surface area contributed by atoms with Crippen molar-refractivity contribution in [2.24, 2.45) is 0 Å². The third-order valence-corrected chi connectivity index (χ3v) is 5.07. The maximum Gasteiger partial charge on any atom is 0.319 e. The summed E-state index contributed by atoms with van der Waals surface area (Å²) in [5, 5.41) is 8.88. The number of rotatable bonds is 5. The van der Waals surface area contributed by atoms with Gasteiger partial charge in [-0.05, 0) is 56.0 Å². The number of aryl methyl sites for hydroxylation is 1. The minimum absolute atomic E-state index is 0.0429. The SMILES string of the molecule is Cc1cc(C(=O)NC2CCCC2)ccc1NC(=O)NC(C)c1ccccc1. The Morgan fingerprint density at radius 1 is 1.04 bits per heavy atom. The molecule has 3 rings (SSSR count). The van der Waals surface area contributed by atoms with Crippen LogP contribution >= 0.6 is 0 Å². The van der Waals surface area contributed by atoms with Crippen LogP contribution in [0.15, 0.2) is 48.5 Å². The summed E-state index contributed by atoms with van der Waals surface area (Å²) in [5.41, 5.74) is 3.23. The fraction of sp³-hybridized carbons (Fsp3) is 0.364. The number of hydrogen-bond acceptors (Lipinski definition) is 2. The van der Waals surface area contributed by atoms with Gasteiger partial charge in [-0.3, -0.25) is 4.79 Å². The Morgan fingerprint density at radius 2 is 1.74 bits per heavy atom. The number of hydrogen-bond donors (Lipinski definition) is 3. The zero-order valence-electron chi connectivity index (χ0n) is 15.9. The van der Waals surface area contributed by atoms with Crippen molar-refractivity contribution in [1.29, 1.82) is 0 Å². The second-order valence-electron chi connectivity index (χ2n) is 7.22. The summed E-state index contributed by atoms with van der Waals surface area (Å²) >= 11 is 0. The van der Waals surface area contributed by atoms with Gasteiger partial charge in [-0.1, -0.05) is 43.2 Å². The molecule has 5 nitrogen and oxygen atoms in total. The van der Waals surface area contributed by atoms with E-state index in [0.29, 0.717) is 17.3 Å². The van der Waals surface area contributed by atoms with E-state index in [9.17, 15) is 9.59 Å². The lowest BCUT2D eigenvalue weighted by Gasteiger charge is -2.16. The van der Waals surface area contributed by atoms with Gasteiger partial charge in [-0.25, -0.2) is 4.79 Å². The van der Waals surface area contributed by atoms with Crippen molar-refractivity contribution in [1.82, 2.24) is 10.6 Å². The van der Waals surface area contributed by atoms with Crippen molar-refractivity contribution >= 4 is 17.6 Å². The van der Waals surface area contributed by atoms with E-state index in [1.54, 1.807) is 12.1 Å². The van der Waals surface area contributed by atoms with E-state index in [4.69, 9.17) is 0 Å². The van der Waals surface area contributed by atoms with E-state index in [1.165, 1.54) is 12.8 Å². The van der Waals surface area contributed by atoms with E-state index in [2.05, 4.69) is 16.0 Å². The van der Waals surface area contributed by atoms with Gasteiger partial charge in [-0.2, -0.15) is 0 Å². The summed E-state index contributed by atoms with van der Waals surface area (Å²) < 4.78 is 0. The predicted octanol–water partition coefficient (Wildman–Crippen LogP) is 4.55. The Hall–Kier alpha value is -2.82. The standard InChI is InChI=1S/C22H27N3O2/c1-15-14-18(21(26)24-19-10-6-7-11-19)12-13-20(15)25-22(27)23-16(2)17-8-4-3-5-9-17/h3-5,8-9,12-14,16,19H,6-7,10-11H2,1-2H3,(H,24,26)(H2,23,25,27). The monoisotopic (exact) mass is 365 g/mol. The Morgan fingerprint density at radius 3 is 2.41 bits per heavy atom. The number of urea groups is 1. The maximum atomic E-state index is 12.4. The second kappa shape index (κ2) is 8.71. The molecule has 0 heterocycles. The third-order valence-electron chi connectivity index (χ3n) is 5.07. The van der Waals surface area contributed by atoms with E-state index < -0.39 is 0 Å². The first-order valence-electron chi connectivity index (χ1n) is 9.57. The molecule has 0 saturated heterocycles. The highest BCUT2D eigenvalue weighted by molar-refractivity contribution is 5.96. The lowest BCUT2D eigenvalue weighted by atomic mass is 10.1. The molecule has 0 aliphatic heterocycles. The van der Waals surface area contributed by atoms with Gasteiger partial charge >= 0.3 is 6.03 Å². The Labute approximate surface area is 160 Å². The van der Waals surface area contributed by atoms with Crippen LogP contribution in [0.25, 0.3) is 0 Å². The number of benzene rings is 2. The van der Waals surface area contributed by atoms with Gasteiger partial charge < -0.3 is 16.0 Å². The van der Waals surface area contributed by atoms with Crippen LogP contribution in [0.3, 0.4) is 0 Å². The molecule has 3 amide bonds. The predicted molar refractivity (Wildman–Crippen MR) is 108 cm³/mol. The summed E-state index contributed by atoms with van der Waals surface area (Å²) in [4.78, 5) is 24.7. The lowest BCUT2D eigenvalue weighted by molar-refractivity contribution is 0.0938. The number of nitrogens with one attached hydrogen (secondary N) is 3. The number of carbonyl (C=O) groups is 2. The normalized spacial score (nSPS) is 15.2. The number of anilines is 1. The van der Waals surface area contributed by atoms with Gasteiger partial charge in [0, 0.05) is 17.3 Å². The molecule has 142 valence electrons. The van der Waals surface area contributed by atoms with Crippen LogP contribution in [0.1, 0.15) is 60.1 Å². The van der Waals surface area contributed by atoms with Gasteiger partial charge in [0.05, 0.1) is 6.04 Å². The first kappa shape index (κ1) is 19.0. The minimum atomic E-state index is -0.266. The van der Waals surface area contributed by atoms with Crippen molar-refractivity contribution in [2.45, 2.75) is 51.6 Å². The molecule has 0 spiro atoms. The molecule has 3 N–H and O–H groups in total. The molecule has 0 radical (unpaired) electrons. The molecule has 5 heteroatoms. The zero-order chi connectivity index (χ0) is 19.2. The molecule has 27 heavy (non-hydrogen) atoms. The van der Waals surface area contributed by atoms with E-state index >= 15 is 0 Å². The smallest absolute Gasteiger partial charge is 0.319 e. The molecule has 0 aromatic heterocycles. The molecular weight excluding hydrogens is 338 g/mol. The van der Waals surface area contributed by atoms with Crippen LogP contribution in [-0.4, -0.2) is 18.0 Å². The van der Waals surface area contributed by atoms with Crippen molar-refractivity contribution in [3.63, 3.8) is 0 Å². The molecule has 1 fully saturated rings. The van der Waals surface area contributed by atoms with E-state index in [0.717, 1.165) is 24.0 Å². The van der Waals surface area contributed by atoms with Crippen molar-refractivity contribution in [3.8, 4) is 0 Å². The molecule has 0 bridgehead atoms. The summed E-state index contributed by atoms with van der Waals surface area (Å²) in [6.45, 7) is 3.83. The molecule has 1 aliphatic carbocycles. The fourth-order valence-corrected chi connectivity index (χ4v) is 3.46. The fourth-order valence-electron chi connectivity index (χ4n) is 3.46. The number of carbonyl (C=O) groups excluding carboxylic acids is 2. The average Bonchev–Trinajstić information content (AvgIpc) is 3.17. The first-order valence-corrected chi connectivity index (χ1v) is 9.57. The second-order valence-corrected chi connectivity index (χ2v) is 7.22. The summed E-state index contributed by atoms with van der Waals surface area (Å²) in [6, 6.07) is 15.1. The topological polar surface area (TPSA) is 70.2 Å². The zero-order valence-corrected chi connectivity index (χ0v) is 15.9. The van der Waals surface area contributed by atoms with Gasteiger partial charge in [0.15, 0.2) is 0 Å². The number of amides is 3. The van der Waals surface area contributed by atoms with Gasteiger partial charge in [0.1, 0.15) is 0 Å². The molecule has 2 aromatic carbocycles. The molecular formula is C22H27N3O2. The van der Waals surface area contributed by atoms with Gasteiger partial charge in [0.2, 0.25) is 0 Å². The van der Waals surface area contributed by atoms with E-state index in [1.807, 2.05) is 50.2 Å². The van der Waals surface area contributed by atoms with Crippen LogP contribution in [0.4, 0.5) is 10.5 Å². The quantitative estimate of drug-likeness (QED) is 0.727. The summed E-state index contributed by atoms with van der Waals surface area (Å²) in [6.07, 6.45) is 4.49.